The number of amides is 2. The summed E-state index contributed by atoms with van der Waals surface area (Å²) in [6, 6.07) is 44.1. The predicted molar refractivity (Wildman–Crippen MR) is 325 cm³/mol. The number of sulfonamides is 2. The van der Waals surface area contributed by atoms with Crippen LogP contribution in [0, 0.1) is 0 Å². The van der Waals surface area contributed by atoms with Gasteiger partial charge in [0.1, 0.15) is 5.75 Å². The van der Waals surface area contributed by atoms with Crippen molar-refractivity contribution in [2.24, 2.45) is 0 Å². The summed E-state index contributed by atoms with van der Waals surface area (Å²) in [5.41, 5.74) is 7.88. The molecule has 2 aliphatic rings. The summed E-state index contributed by atoms with van der Waals surface area (Å²) in [4.78, 5) is 35.6. The van der Waals surface area contributed by atoms with E-state index >= 15 is 0 Å². The van der Waals surface area contributed by atoms with Gasteiger partial charge in [0, 0.05) is 111 Å². The highest BCUT2D eigenvalue weighted by molar-refractivity contribution is 7.89. The van der Waals surface area contributed by atoms with Crippen LogP contribution < -0.4 is 15.4 Å². The average Bonchev–Trinajstić information content (AvgIpc) is 3.13. The van der Waals surface area contributed by atoms with Crippen LogP contribution in [0.3, 0.4) is 0 Å². The minimum Gasteiger partial charge on any atom is -0.497 e. The van der Waals surface area contributed by atoms with Crippen LogP contribution in [0.15, 0.2) is 161 Å². The summed E-state index contributed by atoms with van der Waals surface area (Å²) in [5, 5.41) is 25.9. The van der Waals surface area contributed by atoms with E-state index in [-0.39, 0.29) is 41.5 Å². The van der Waals surface area contributed by atoms with Crippen molar-refractivity contribution >= 4 is 84.2 Å². The van der Waals surface area contributed by atoms with Gasteiger partial charge in [-0.15, -0.1) is 0 Å². The van der Waals surface area contributed by atoms with E-state index in [9.17, 15) is 31.2 Å². The maximum absolute atomic E-state index is 13.4. The highest BCUT2D eigenvalue weighted by atomic mass is 35.5. The highest BCUT2D eigenvalue weighted by Crippen LogP contribution is 2.37. The fraction of sp³-hybridized carbons (Fsp3) is 0.262. The van der Waals surface area contributed by atoms with Gasteiger partial charge in [-0.05, 0) is 134 Å². The van der Waals surface area contributed by atoms with Gasteiger partial charge in [-0.25, -0.2) is 16.8 Å². The number of rotatable bonds is 18. The largest absolute Gasteiger partial charge is 0.497 e. The molecule has 84 heavy (non-hydrogen) atoms. The van der Waals surface area contributed by atoms with Gasteiger partial charge in [0.2, 0.25) is 20.0 Å². The Hall–Kier alpha value is -7.07. The third-order valence-corrected chi connectivity index (χ3v) is 19.4. The molecule has 2 saturated heterocycles. The maximum Gasteiger partial charge on any atom is 0.305 e. The van der Waals surface area contributed by atoms with Crippen LogP contribution in [-0.4, -0.2) is 115 Å². The molecule has 2 fully saturated rings. The van der Waals surface area contributed by atoms with Gasteiger partial charge in [-0.3, -0.25) is 23.7 Å². The molecular weight excluding hydrogens is 1190 g/mol. The summed E-state index contributed by atoms with van der Waals surface area (Å²) >= 11 is 25.1. The van der Waals surface area contributed by atoms with Crippen molar-refractivity contribution in [2.75, 3.05) is 46.9 Å². The molecule has 0 aliphatic carbocycles. The number of aliphatic carboxylic acids is 1. The number of carboxylic acids is 1. The molecule has 438 valence electrons. The first-order valence-corrected chi connectivity index (χ1v) is 31.3. The molecule has 0 unspecified atom stereocenters. The van der Waals surface area contributed by atoms with Crippen LogP contribution in [0.2, 0.25) is 20.1 Å². The number of nitrogens with one attached hydrogen (secondary N) is 2. The number of methoxy groups -OCH3 is 1. The number of hydrogen-bond acceptors (Lipinski definition) is 10. The molecule has 0 atom stereocenters. The molecule has 10 rings (SSSR count). The van der Waals surface area contributed by atoms with E-state index in [0.717, 1.165) is 39.3 Å². The van der Waals surface area contributed by atoms with Crippen molar-refractivity contribution in [3.05, 3.63) is 205 Å². The molecular formula is C61H60Cl4N8O9S2. The van der Waals surface area contributed by atoms with Crippen molar-refractivity contribution in [1.82, 2.24) is 38.8 Å². The Morgan fingerprint density at radius 1 is 0.560 bits per heavy atom. The van der Waals surface area contributed by atoms with Gasteiger partial charge < -0.3 is 20.5 Å². The fourth-order valence-corrected chi connectivity index (χ4v) is 14.3. The molecule has 3 N–H and O–H groups in total. The lowest BCUT2D eigenvalue weighted by molar-refractivity contribution is -0.136. The monoisotopic (exact) mass is 1250 g/mol. The molecule has 4 heterocycles. The van der Waals surface area contributed by atoms with Crippen molar-refractivity contribution in [3.8, 4) is 28.3 Å². The number of carboxylic acid groups (broad SMARTS) is 1. The quantitative estimate of drug-likeness (QED) is 0.0734. The molecule has 17 nitrogen and oxygen atoms in total. The number of benzene rings is 6. The number of carbonyl (C=O) groups excluding carboxylic acids is 2. The molecule has 0 saturated carbocycles. The van der Waals surface area contributed by atoms with E-state index in [1.165, 1.54) is 17.5 Å². The Bertz CT molecular complexity index is 3850. The number of nitrogens with zero attached hydrogens (tertiary/aromatic N) is 6. The van der Waals surface area contributed by atoms with Gasteiger partial charge in [-0.2, -0.15) is 18.8 Å². The molecule has 0 bridgehead atoms. The lowest BCUT2D eigenvalue weighted by atomic mass is 9.93. The molecule has 0 spiro atoms. The van der Waals surface area contributed by atoms with Crippen LogP contribution in [-0.2, 0) is 37.9 Å². The van der Waals surface area contributed by atoms with E-state index in [2.05, 4.69) is 10.6 Å². The summed E-state index contributed by atoms with van der Waals surface area (Å²) < 4.78 is 65.2. The highest BCUT2D eigenvalue weighted by Gasteiger charge is 2.34. The number of carbonyl (C=O) groups is 3. The first-order valence-electron chi connectivity index (χ1n) is 27.0. The smallest absolute Gasteiger partial charge is 0.305 e. The summed E-state index contributed by atoms with van der Waals surface area (Å²) in [6.45, 7) is 2.49. The normalized spacial score (nSPS) is 14.5. The number of piperidine rings is 2. The first-order chi connectivity index (χ1) is 40.3. The van der Waals surface area contributed by atoms with Gasteiger partial charge in [-0.1, -0.05) is 94.9 Å². The number of aromatic nitrogens is 4. The molecule has 23 heteroatoms. The van der Waals surface area contributed by atoms with Gasteiger partial charge in [0.15, 0.2) is 0 Å². The molecule has 2 amide bonds. The Labute approximate surface area is 508 Å². The van der Waals surface area contributed by atoms with Crippen molar-refractivity contribution in [3.63, 3.8) is 0 Å². The minimum absolute atomic E-state index is 0.0388. The number of ether oxygens (including phenoxy) is 1. The maximum atomic E-state index is 13.4. The Morgan fingerprint density at radius 3 is 1.42 bits per heavy atom. The third-order valence-electron chi connectivity index (χ3n) is 14.7. The van der Waals surface area contributed by atoms with E-state index in [1.54, 1.807) is 102 Å². The minimum atomic E-state index is -3.69. The van der Waals surface area contributed by atoms with Crippen LogP contribution >= 0.6 is 46.4 Å². The summed E-state index contributed by atoms with van der Waals surface area (Å²) in [6.07, 6.45) is 2.38. The van der Waals surface area contributed by atoms with Gasteiger partial charge in [0.05, 0.1) is 47.8 Å². The fourth-order valence-electron chi connectivity index (χ4n) is 10.3. The molecule has 2 aliphatic heterocycles. The zero-order chi connectivity index (χ0) is 59.7. The second-order valence-corrected chi connectivity index (χ2v) is 25.9. The zero-order valence-electron chi connectivity index (χ0n) is 45.8. The Balaban J connectivity index is 0.000000204. The first kappa shape index (κ1) is 61.5. The second-order valence-electron chi connectivity index (χ2n) is 20.3. The lowest BCUT2D eigenvalue weighted by Crippen LogP contribution is -2.38. The number of hydrogen-bond donors (Lipinski definition) is 3. The second kappa shape index (κ2) is 27.3. The van der Waals surface area contributed by atoms with E-state index in [1.807, 2.05) is 64.0 Å². The van der Waals surface area contributed by atoms with Crippen LogP contribution in [0.4, 0.5) is 0 Å². The van der Waals surface area contributed by atoms with Gasteiger partial charge >= 0.3 is 5.97 Å². The van der Waals surface area contributed by atoms with E-state index < -0.39 is 26.0 Å². The Kier molecular flexibility index (Phi) is 20.0. The van der Waals surface area contributed by atoms with Crippen LogP contribution in [0.5, 0.6) is 5.75 Å². The zero-order valence-corrected chi connectivity index (χ0v) is 50.5. The van der Waals surface area contributed by atoms with Crippen molar-refractivity contribution in [1.29, 1.82) is 0 Å². The van der Waals surface area contributed by atoms with Crippen LogP contribution in [0.25, 0.3) is 22.5 Å². The standard InChI is InChI=1S/C32H32Cl2N4O6S.C29H28Cl2N4O3S/c1-44-27-3-2-4-28(18-27)45(42,43)37-13-10-22(11-14-37)30-19-29(24-15-25(33)17-26(34)16-24)36-38(30)20-21-5-7-23(8-6-21)32(41)35-12-9-31(39)40;1-32-29(36)22-9-7-20(8-10-22)19-35-28(18-27(33-35)23-15-24(30)17-25(31)16-23)21-11-13-34(14-12-21)39(37,38)26-5-3-2-4-6-26/h2-8,15-19,22H,9-14,20H2,1H3,(H,35,41)(H,39,40);2-10,15-18,21H,11-14,19H2,1H3,(H,32,36). The molecule has 0 radical (unpaired) electrons. The van der Waals surface area contributed by atoms with Gasteiger partial charge in [0.25, 0.3) is 11.8 Å². The molecule has 8 aromatic rings. The van der Waals surface area contributed by atoms with Crippen molar-refractivity contribution < 1.29 is 41.1 Å². The molecule has 2 aromatic heterocycles. The number of halogens is 4. The SMILES string of the molecule is CNC(=O)c1ccc(Cn2nc(-c3cc(Cl)cc(Cl)c3)cc2C2CCN(S(=O)(=O)c3ccccc3)CC2)cc1.COc1cccc(S(=O)(=O)N2CCC(c3cc(-c4cc(Cl)cc(Cl)c4)nn3Cc3ccc(C(=O)NCCC(=O)O)cc3)CC2)c1. The summed E-state index contributed by atoms with van der Waals surface area (Å²) in [7, 11) is -4.12. The summed E-state index contributed by atoms with van der Waals surface area (Å²) in [5.74, 6) is -0.832. The average molecular weight is 1260 g/mol. The van der Waals surface area contributed by atoms with Crippen molar-refractivity contribution in [2.45, 2.75) is 66.8 Å². The third kappa shape index (κ3) is 15.1. The topological polar surface area (TPSA) is 215 Å². The Morgan fingerprint density at radius 2 is 0.988 bits per heavy atom. The lowest BCUT2D eigenvalue weighted by Gasteiger charge is -2.31. The predicted octanol–water partition coefficient (Wildman–Crippen LogP) is 11.5. The van der Waals surface area contributed by atoms with E-state index in [0.29, 0.717) is 113 Å². The van der Waals surface area contributed by atoms with Crippen LogP contribution in [0.1, 0.15) is 87.2 Å². The molecule has 6 aromatic carbocycles. The van der Waals surface area contributed by atoms with E-state index in [4.69, 9.17) is 66.4 Å².